The van der Waals surface area contributed by atoms with Crippen molar-refractivity contribution in [3.63, 3.8) is 0 Å². The first-order valence-electron chi connectivity index (χ1n) is 7.55. The lowest BCUT2D eigenvalue weighted by Gasteiger charge is -2.03. The third kappa shape index (κ3) is 4.38. The molecule has 1 heterocycles. The van der Waals surface area contributed by atoms with Crippen LogP contribution in [0.2, 0.25) is 10.2 Å². The molecule has 0 bridgehead atoms. The maximum absolute atomic E-state index is 13.0. The molecule has 0 saturated carbocycles. The number of nitrogens with zero attached hydrogens (tertiary/aromatic N) is 3. The molecule has 0 aliphatic carbocycles. The van der Waals surface area contributed by atoms with Crippen LogP contribution in [0.25, 0.3) is 0 Å². The van der Waals surface area contributed by atoms with Gasteiger partial charge in [0, 0.05) is 5.02 Å². The molecule has 0 saturated heterocycles. The highest BCUT2D eigenvalue weighted by Crippen LogP contribution is 2.20. The molecule has 0 atom stereocenters. The third-order valence-electron chi connectivity index (χ3n) is 3.57. The van der Waals surface area contributed by atoms with Gasteiger partial charge >= 0.3 is 0 Å². The highest BCUT2D eigenvalue weighted by Gasteiger charge is 2.12. The first-order chi connectivity index (χ1) is 12.0. The van der Waals surface area contributed by atoms with E-state index in [1.165, 1.54) is 12.1 Å². The zero-order chi connectivity index (χ0) is 17.8. The maximum Gasteiger partial charge on any atom is 0.136 e. The van der Waals surface area contributed by atoms with Gasteiger partial charge in [-0.1, -0.05) is 41.4 Å². The summed E-state index contributed by atoms with van der Waals surface area (Å²) in [5.41, 5.74) is 6.06. The predicted molar refractivity (Wildman–Crippen MR) is 100 cm³/mol. The summed E-state index contributed by atoms with van der Waals surface area (Å²) in [5, 5.41) is 9.70. The molecule has 3 aromatic rings. The van der Waals surface area contributed by atoms with Crippen LogP contribution in [-0.2, 0) is 6.54 Å². The summed E-state index contributed by atoms with van der Waals surface area (Å²) >= 11 is 12.3. The molecule has 7 heteroatoms. The second kappa shape index (κ2) is 7.68. The van der Waals surface area contributed by atoms with Gasteiger partial charge in [-0.25, -0.2) is 9.07 Å². The van der Waals surface area contributed by atoms with Crippen molar-refractivity contribution in [3.05, 3.63) is 81.3 Å². The van der Waals surface area contributed by atoms with E-state index in [2.05, 4.69) is 15.6 Å². The van der Waals surface area contributed by atoms with Crippen molar-refractivity contribution >= 4 is 35.1 Å². The Morgan fingerprint density at radius 3 is 2.68 bits per heavy atom. The van der Waals surface area contributed by atoms with Crippen molar-refractivity contribution in [2.24, 2.45) is 5.10 Å². The van der Waals surface area contributed by atoms with Crippen LogP contribution >= 0.6 is 23.2 Å². The number of hydrazone groups is 1. The number of benzene rings is 2. The highest BCUT2D eigenvalue weighted by atomic mass is 35.5. The van der Waals surface area contributed by atoms with Crippen molar-refractivity contribution in [1.82, 2.24) is 9.78 Å². The van der Waals surface area contributed by atoms with Gasteiger partial charge in [-0.05, 0) is 42.8 Å². The summed E-state index contributed by atoms with van der Waals surface area (Å²) < 4.78 is 14.7. The number of halogens is 3. The van der Waals surface area contributed by atoms with E-state index in [1.807, 2.05) is 19.1 Å². The van der Waals surface area contributed by atoms with E-state index < -0.39 is 0 Å². The summed E-state index contributed by atoms with van der Waals surface area (Å²) in [6.45, 7) is 2.31. The first-order valence-corrected chi connectivity index (χ1v) is 8.30. The molecule has 1 aromatic heterocycles. The lowest BCUT2D eigenvalue weighted by molar-refractivity contribution is 0.624. The maximum atomic E-state index is 13.0. The number of hydrogen-bond acceptors (Lipinski definition) is 3. The Labute approximate surface area is 154 Å². The molecule has 25 heavy (non-hydrogen) atoms. The summed E-state index contributed by atoms with van der Waals surface area (Å²) in [5.74, 6) is -0.272. The summed E-state index contributed by atoms with van der Waals surface area (Å²) in [6.07, 6.45) is 1.62. The van der Waals surface area contributed by atoms with Crippen molar-refractivity contribution in [3.8, 4) is 0 Å². The molecular weight excluding hydrogens is 362 g/mol. The van der Waals surface area contributed by atoms with Crippen molar-refractivity contribution in [2.75, 3.05) is 5.43 Å². The number of hydrogen-bond donors (Lipinski definition) is 1. The molecule has 4 nitrogen and oxygen atoms in total. The molecular formula is C18H15Cl2FN4. The Bertz CT molecular complexity index is 904. The summed E-state index contributed by atoms with van der Waals surface area (Å²) in [7, 11) is 0. The van der Waals surface area contributed by atoms with Crippen LogP contribution in [0.1, 0.15) is 16.8 Å². The molecule has 3 rings (SSSR count). The standard InChI is InChI=1S/C18H15Cl2FN4/c1-12-17(10-22-23-16-4-2-3-14(19)9-16)18(20)25(24-12)11-13-5-7-15(21)8-6-13/h2-10,23H,11H2,1H3/b22-10-. The average molecular weight is 377 g/mol. The van der Waals surface area contributed by atoms with Gasteiger partial charge in [0.25, 0.3) is 0 Å². The number of aryl methyl sites for hydroxylation is 1. The van der Waals surface area contributed by atoms with Crippen LogP contribution in [0.15, 0.2) is 53.6 Å². The Morgan fingerprint density at radius 2 is 1.96 bits per heavy atom. The van der Waals surface area contributed by atoms with Gasteiger partial charge in [-0.15, -0.1) is 0 Å². The van der Waals surface area contributed by atoms with Crippen LogP contribution in [-0.4, -0.2) is 16.0 Å². The molecule has 0 spiro atoms. The zero-order valence-electron chi connectivity index (χ0n) is 13.4. The number of anilines is 1. The zero-order valence-corrected chi connectivity index (χ0v) is 14.9. The Hall–Kier alpha value is -2.37. The van der Waals surface area contributed by atoms with Gasteiger partial charge in [0.1, 0.15) is 11.0 Å². The minimum atomic E-state index is -0.272. The Balaban J connectivity index is 1.75. The van der Waals surface area contributed by atoms with Gasteiger partial charge in [0.05, 0.1) is 29.7 Å². The van der Waals surface area contributed by atoms with Gasteiger partial charge < -0.3 is 0 Å². The molecule has 0 unspecified atom stereocenters. The number of rotatable bonds is 5. The van der Waals surface area contributed by atoms with Gasteiger partial charge in [0.15, 0.2) is 0 Å². The Kier molecular flexibility index (Phi) is 5.36. The van der Waals surface area contributed by atoms with E-state index in [1.54, 1.807) is 35.2 Å². The average Bonchev–Trinajstić information content (AvgIpc) is 2.84. The quantitative estimate of drug-likeness (QED) is 0.495. The molecule has 0 radical (unpaired) electrons. The predicted octanol–water partition coefficient (Wildman–Crippen LogP) is 5.13. The van der Waals surface area contributed by atoms with E-state index in [-0.39, 0.29) is 5.82 Å². The fourth-order valence-corrected chi connectivity index (χ4v) is 2.78. The van der Waals surface area contributed by atoms with Crippen LogP contribution in [0.3, 0.4) is 0 Å². The number of aromatic nitrogens is 2. The van der Waals surface area contributed by atoms with Gasteiger partial charge in [-0.3, -0.25) is 5.43 Å². The molecule has 1 N–H and O–H groups in total. The monoisotopic (exact) mass is 376 g/mol. The van der Waals surface area contributed by atoms with Crippen LogP contribution in [0.4, 0.5) is 10.1 Å². The summed E-state index contributed by atoms with van der Waals surface area (Å²) in [4.78, 5) is 0. The smallest absolute Gasteiger partial charge is 0.136 e. The van der Waals surface area contributed by atoms with E-state index in [0.717, 1.165) is 22.5 Å². The van der Waals surface area contributed by atoms with Crippen molar-refractivity contribution < 1.29 is 4.39 Å². The van der Waals surface area contributed by atoms with Crippen molar-refractivity contribution in [2.45, 2.75) is 13.5 Å². The normalized spacial score (nSPS) is 11.2. The molecule has 0 amide bonds. The molecule has 128 valence electrons. The fourth-order valence-electron chi connectivity index (χ4n) is 2.31. The first kappa shape index (κ1) is 17.5. The van der Waals surface area contributed by atoms with E-state index in [0.29, 0.717) is 16.7 Å². The van der Waals surface area contributed by atoms with E-state index in [4.69, 9.17) is 23.2 Å². The minimum Gasteiger partial charge on any atom is -0.278 e. The second-order valence-electron chi connectivity index (χ2n) is 5.45. The van der Waals surface area contributed by atoms with Crippen molar-refractivity contribution in [1.29, 1.82) is 0 Å². The molecule has 0 aliphatic rings. The van der Waals surface area contributed by atoms with Crippen LogP contribution in [0, 0.1) is 12.7 Å². The minimum absolute atomic E-state index is 0.272. The molecule has 0 aliphatic heterocycles. The molecule has 0 fully saturated rings. The van der Waals surface area contributed by atoms with Crippen LogP contribution in [0.5, 0.6) is 0 Å². The summed E-state index contributed by atoms with van der Waals surface area (Å²) in [6, 6.07) is 13.5. The SMILES string of the molecule is Cc1nn(Cc2ccc(F)cc2)c(Cl)c1/C=N\Nc1cccc(Cl)c1. The highest BCUT2D eigenvalue weighted by molar-refractivity contribution is 6.32. The number of nitrogens with one attached hydrogen (secondary N) is 1. The molecule has 2 aromatic carbocycles. The largest absolute Gasteiger partial charge is 0.278 e. The topological polar surface area (TPSA) is 42.2 Å². The van der Waals surface area contributed by atoms with Gasteiger partial charge in [-0.2, -0.15) is 10.2 Å². The third-order valence-corrected chi connectivity index (χ3v) is 4.20. The fraction of sp³-hybridized carbons (Fsp3) is 0.111. The lowest BCUT2D eigenvalue weighted by atomic mass is 10.2. The van der Waals surface area contributed by atoms with Crippen LogP contribution < -0.4 is 5.43 Å². The van der Waals surface area contributed by atoms with Gasteiger partial charge in [0.2, 0.25) is 0 Å². The van der Waals surface area contributed by atoms with E-state index in [9.17, 15) is 4.39 Å². The van der Waals surface area contributed by atoms with E-state index >= 15 is 0 Å². The second-order valence-corrected chi connectivity index (χ2v) is 6.25. The Morgan fingerprint density at radius 1 is 1.20 bits per heavy atom. The lowest BCUT2D eigenvalue weighted by Crippen LogP contribution is -2.02.